The maximum Gasteiger partial charge on any atom is 0.500 e. The van der Waals surface area contributed by atoms with E-state index in [1.807, 2.05) is 33.4 Å². The highest BCUT2D eigenvalue weighted by atomic mass is 28.4. The van der Waals surface area contributed by atoms with Gasteiger partial charge < -0.3 is 36.4 Å². The molecular weight excluding hydrogens is 460 g/mol. The Morgan fingerprint density at radius 3 is 1.36 bits per heavy atom. The van der Waals surface area contributed by atoms with E-state index in [2.05, 4.69) is 19.8 Å². The number of hydrogen-bond acceptors (Lipinski definition) is 10. The first-order chi connectivity index (χ1) is 16.0. The lowest BCUT2D eigenvalue weighted by atomic mass is 10.4. The first-order valence-corrected chi connectivity index (χ1v) is 15.9. The highest BCUT2D eigenvalue weighted by Crippen LogP contribution is 2.18. The molecule has 0 fully saturated rings. The maximum atomic E-state index is 5.82. The average molecular weight is 507 g/mol. The second-order valence-electron chi connectivity index (χ2n) is 7.60. The molecule has 0 unspecified atom stereocenters. The van der Waals surface area contributed by atoms with Gasteiger partial charge in [-0.1, -0.05) is 0 Å². The third kappa shape index (κ3) is 11.4. The molecule has 10 nitrogen and oxygen atoms in total. The third-order valence-electron chi connectivity index (χ3n) is 5.40. The van der Waals surface area contributed by atoms with Crippen LogP contribution < -0.4 is 0 Å². The number of nitrogens with zero attached hydrogens (tertiary/aromatic N) is 4. The van der Waals surface area contributed by atoms with Gasteiger partial charge in [0.1, 0.15) is 0 Å². The monoisotopic (exact) mass is 506 g/mol. The number of rotatable bonds is 17. The minimum absolute atomic E-state index is 0.650. The lowest BCUT2D eigenvalue weighted by molar-refractivity contribution is 0.0704. The molecule has 12 heteroatoms. The zero-order chi connectivity index (χ0) is 24.4. The summed E-state index contributed by atoms with van der Waals surface area (Å²) in [6.45, 7) is 13.8. The fraction of sp³-hybridized carbons (Fsp3) is 0.905. The van der Waals surface area contributed by atoms with Gasteiger partial charge in [-0.3, -0.25) is 9.98 Å². The largest absolute Gasteiger partial charge is 0.500 e. The second kappa shape index (κ2) is 17.6. The molecule has 0 aliphatic carbocycles. The van der Waals surface area contributed by atoms with E-state index in [1.54, 1.807) is 21.3 Å². The van der Waals surface area contributed by atoms with Crippen molar-refractivity contribution in [1.82, 2.24) is 9.80 Å². The van der Waals surface area contributed by atoms with E-state index in [1.165, 1.54) is 0 Å². The Balaban J connectivity index is 0.000000335. The maximum absolute atomic E-state index is 5.82. The van der Waals surface area contributed by atoms with Crippen LogP contribution in [0.2, 0.25) is 12.1 Å². The van der Waals surface area contributed by atoms with Gasteiger partial charge in [0.15, 0.2) is 0 Å². The van der Waals surface area contributed by atoms with Crippen LogP contribution in [-0.2, 0) is 26.6 Å². The van der Waals surface area contributed by atoms with Crippen molar-refractivity contribution in [3.8, 4) is 0 Å². The van der Waals surface area contributed by atoms with Crippen LogP contribution in [0, 0.1) is 0 Å². The summed E-state index contributed by atoms with van der Waals surface area (Å²) in [7, 11) is 0.149. The number of hydrogen-bond donors (Lipinski definition) is 0. The van der Waals surface area contributed by atoms with Gasteiger partial charge in [0.05, 0.1) is 25.8 Å². The normalized spacial score (nSPS) is 15.9. The molecule has 0 atom stereocenters. The molecule has 0 spiro atoms. The molecule has 194 valence electrons. The van der Waals surface area contributed by atoms with E-state index < -0.39 is 17.6 Å². The smallest absolute Gasteiger partial charge is 0.377 e. The zero-order valence-electron chi connectivity index (χ0n) is 21.6. The summed E-state index contributed by atoms with van der Waals surface area (Å²) in [4.78, 5) is 12.8. The SMILES string of the molecule is CCO[Si](CCCN1C=NCC1)(OCC)OCC.CO[Si](CCCN1C=NCC1)(OC)OC. The van der Waals surface area contributed by atoms with Crippen LogP contribution in [0.15, 0.2) is 9.98 Å². The van der Waals surface area contributed by atoms with Crippen LogP contribution >= 0.6 is 0 Å². The van der Waals surface area contributed by atoms with Crippen molar-refractivity contribution >= 4 is 30.3 Å². The molecule has 2 aliphatic rings. The molecule has 2 heterocycles. The van der Waals surface area contributed by atoms with Crippen LogP contribution in [0.3, 0.4) is 0 Å². The van der Waals surface area contributed by atoms with Crippen molar-refractivity contribution in [1.29, 1.82) is 0 Å². The fourth-order valence-electron chi connectivity index (χ4n) is 3.73. The van der Waals surface area contributed by atoms with E-state index >= 15 is 0 Å². The predicted molar refractivity (Wildman–Crippen MR) is 136 cm³/mol. The van der Waals surface area contributed by atoms with Gasteiger partial charge in [-0.15, -0.1) is 0 Å². The molecule has 0 aromatic rings. The fourth-order valence-corrected chi connectivity index (χ4v) is 8.03. The molecule has 2 aliphatic heterocycles. The summed E-state index contributed by atoms with van der Waals surface area (Å²) in [5.74, 6) is 0. The van der Waals surface area contributed by atoms with Gasteiger partial charge in [-0.2, -0.15) is 0 Å². The first-order valence-electron chi connectivity index (χ1n) is 12.1. The van der Waals surface area contributed by atoms with Gasteiger partial charge in [-0.25, -0.2) is 0 Å². The summed E-state index contributed by atoms with van der Waals surface area (Å²) in [5, 5.41) is 0. The summed E-state index contributed by atoms with van der Waals surface area (Å²) in [6, 6.07) is 1.73. The van der Waals surface area contributed by atoms with Crippen molar-refractivity contribution in [2.75, 3.05) is 80.4 Å². The van der Waals surface area contributed by atoms with E-state index in [0.717, 1.165) is 64.2 Å². The van der Waals surface area contributed by atoms with Crippen molar-refractivity contribution < 1.29 is 26.6 Å². The highest BCUT2D eigenvalue weighted by molar-refractivity contribution is 6.61. The Labute approximate surface area is 203 Å². The predicted octanol–water partition coefficient (Wildman–Crippen LogP) is 2.37. The van der Waals surface area contributed by atoms with Gasteiger partial charge in [0.2, 0.25) is 0 Å². The third-order valence-corrected chi connectivity index (χ3v) is 11.4. The minimum atomic E-state index is -2.44. The molecule has 0 saturated heterocycles. The van der Waals surface area contributed by atoms with Crippen LogP contribution in [0.1, 0.15) is 33.6 Å². The van der Waals surface area contributed by atoms with E-state index in [-0.39, 0.29) is 0 Å². The molecule has 0 aromatic heterocycles. The molecule has 0 N–H and O–H groups in total. The van der Waals surface area contributed by atoms with Crippen molar-refractivity contribution in [3.05, 3.63) is 0 Å². The summed E-state index contributed by atoms with van der Waals surface area (Å²) in [5.41, 5.74) is 0. The topological polar surface area (TPSA) is 86.6 Å². The lowest BCUT2D eigenvalue weighted by Gasteiger charge is -2.29. The summed E-state index contributed by atoms with van der Waals surface area (Å²) in [6.07, 6.45) is 5.88. The number of aliphatic imine (C=N–C) groups is 2. The molecule has 0 saturated carbocycles. The molecule has 0 aromatic carbocycles. The lowest BCUT2D eigenvalue weighted by Crippen LogP contribution is -2.46. The van der Waals surface area contributed by atoms with Crippen molar-refractivity contribution in [3.63, 3.8) is 0 Å². The Hall–Kier alpha value is -0.866. The average Bonchev–Trinajstić information content (AvgIpc) is 3.53. The Morgan fingerprint density at radius 1 is 0.667 bits per heavy atom. The van der Waals surface area contributed by atoms with Crippen molar-refractivity contribution in [2.45, 2.75) is 45.7 Å². The van der Waals surface area contributed by atoms with Crippen LogP contribution in [0.25, 0.3) is 0 Å². The van der Waals surface area contributed by atoms with Gasteiger partial charge in [0, 0.05) is 79.4 Å². The Morgan fingerprint density at radius 2 is 1.06 bits per heavy atom. The van der Waals surface area contributed by atoms with Crippen LogP contribution in [0.4, 0.5) is 0 Å². The summed E-state index contributed by atoms with van der Waals surface area (Å²) >= 11 is 0. The standard InChI is InChI=1S/C12H26N2O3Si.C9H20N2O3Si/c1-4-15-18(16-5-2,17-6-3)11-7-9-14-10-8-13-12-14;1-12-15(13-2,14-3)8-4-6-11-7-5-10-9-11/h12H,4-11H2,1-3H3;9H,4-8H2,1-3H3. The first kappa shape index (κ1) is 30.2. The van der Waals surface area contributed by atoms with E-state index in [9.17, 15) is 0 Å². The molecule has 0 amide bonds. The Kier molecular flexibility index (Phi) is 16.0. The molecule has 2 rings (SSSR count). The van der Waals surface area contributed by atoms with Gasteiger partial charge >= 0.3 is 17.6 Å². The highest BCUT2D eigenvalue weighted by Gasteiger charge is 2.39. The van der Waals surface area contributed by atoms with Crippen molar-refractivity contribution in [2.24, 2.45) is 9.98 Å². The molecular formula is C21H46N4O6Si2. The van der Waals surface area contributed by atoms with Crippen LogP contribution in [0.5, 0.6) is 0 Å². The van der Waals surface area contributed by atoms with Gasteiger partial charge in [-0.05, 0) is 33.6 Å². The Bertz CT molecular complexity index is 530. The minimum Gasteiger partial charge on any atom is -0.377 e. The van der Waals surface area contributed by atoms with Gasteiger partial charge in [0.25, 0.3) is 0 Å². The molecule has 0 radical (unpaired) electrons. The summed E-state index contributed by atoms with van der Waals surface area (Å²) < 4.78 is 33.5. The van der Waals surface area contributed by atoms with Crippen LogP contribution in [-0.4, -0.2) is 121 Å². The second-order valence-corrected chi connectivity index (χ2v) is 13.4. The van der Waals surface area contributed by atoms with E-state index in [4.69, 9.17) is 26.6 Å². The molecule has 0 bridgehead atoms. The zero-order valence-corrected chi connectivity index (χ0v) is 23.6. The van der Waals surface area contributed by atoms with E-state index in [0.29, 0.717) is 19.8 Å². The molecule has 33 heavy (non-hydrogen) atoms. The quantitative estimate of drug-likeness (QED) is 0.278.